The summed E-state index contributed by atoms with van der Waals surface area (Å²) >= 11 is 0. The zero-order chi connectivity index (χ0) is 15.9. The Bertz CT molecular complexity index is 635. The first kappa shape index (κ1) is 15.5. The van der Waals surface area contributed by atoms with Gasteiger partial charge in [-0.25, -0.2) is 0 Å². The molecule has 0 aliphatic rings. The number of rotatable bonds is 5. The van der Waals surface area contributed by atoms with Crippen LogP contribution in [-0.4, -0.2) is 16.9 Å². The van der Waals surface area contributed by atoms with Crippen LogP contribution in [0, 0.1) is 0 Å². The van der Waals surface area contributed by atoms with E-state index < -0.39 is 11.9 Å². The van der Waals surface area contributed by atoms with E-state index in [0.717, 1.165) is 5.56 Å². The van der Waals surface area contributed by atoms with Crippen molar-refractivity contribution < 1.29 is 23.8 Å². The molecular formula is C16H15NO5. The molecule has 0 radical (unpaired) electrons. The summed E-state index contributed by atoms with van der Waals surface area (Å²) in [7, 11) is 0. The molecule has 0 saturated carbocycles. The minimum atomic E-state index is -0.526. The first-order valence-electron chi connectivity index (χ1n) is 6.58. The van der Waals surface area contributed by atoms with Gasteiger partial charge in [0, 0.05) is 26.0 Å². The fourth-order valence-electron chi connectivity index (χ4n) is 1.68. The van der Waals surface area contributed by atoms with Crippen molar-refractivity contribution in [2.75, 3.05) is 0 Å². The fourth-order valence-corrected chi connectivity index (χ4v) is 1.68. The highest BCUT2D eigenvalue weighted by molar-refractivity contribution is 5.70. The number of pyridine rings is 1. The summed E-state index contributed by atoms with van der Waals surface area (Å²) in [6.45, 7) is 2.83. The number of esters is 2. The Morgan fingerprint density at radius 1 is 0.955 bits per heavy atom. The van der Waals surface area contributed by atoms with Gasteiger partial charge in [0.15, 0.2) is 0 Å². The second-order valence-electron chi connectivity index (χ2n) is 4.44. The second-order valence-corrected chi connectivity index (χ2v) is 4.44. The van der Waals surface area contributed by atoms with Crippen LogP contribution in [0.15, 0.2) is 42.5 Å². The molecule has 1 aromatic carbocycles. The Morgan fingerprint density at radius 3 is 2.00 bits per heavy atom. The van der Waals surface area contributed by atoms with E-state index in [-0.39, 0.29) is 11.8 Å². The molecule has 1 aromatic heterocycles. The maximum absolute atomic E-state index is 11.0. The second kappa shape index (κ2) is 7.21. The van der Waals surface area contributed by atoms with Gasteiger partial charge < -0.3 is 14.2 Å². The lowest BCUT2D eigenvalue weighted by atomic mass is 10.2. The zero-order valence-corrected chi connectivity index (χ0v) is 12.2. The van der Waals surface area contributed by atoms with Gasteiger partial charge in [0.05, 0.1) is 0 Å². The number of benzene rings is 1. The number of hydrogen-bond acceptors (Lipinski definition) is 6. The van der Waals surface area contributed by atoms with Gasteiger partial charge in [-0.2, -0.15) is 4.98 Å². The van der Waals surface area contributed by atoms with Gasteiger partial charge in [-0.15, -0.1) is 0 Å². The number of carbonyl (C=O) groups is 2. The van der Waals surface area contributed by atoms with Crippen LogP contribution >= 0.6 is 0 Å². The quantitative estimate of drug-likeness (QED) is 0.790. The molecule has 0 spiro atoms. The lowest BCUT2D eigenvalue weighted by molar-refractivity contribution is -0.132. The van der Waals surface area contributed by atoms with Gasteiger partial charge in [0.1, 0.15) is 12.4 Å². The van der Waals surface area contributed by atoms with Crippen LogP contribution in [0.25, 0.3) is 0 Å². The fraction of sp³-hybridized carbons (Fsp3) is 0.188. The largest absolute Gasteiger partial charge is 0.489 e. The Hall–Kier alpha value is -2.89. The van der Waals surface area contributed by atoms with E-state index in [0.29, 0.717) is 12.4 Å². The van der Waals surface area contributed by atoms with E-state index in [1.807, 2.05) is 30.3 Å². The number of nitrogens with zero attached hydrogens (tertiary/aromatic N) is 1. The van der Waals surface area contributed by atoms with Crippen LogP contribution < -0.4 is 14.2 Å². The molecule has 22 heavy (non-hydrogen) atoms. The van der Waals surface area contributed by atoms with Crippen molar-refractivity contribution in [3.63, 3.8) is 0 Å². The van der Waals surface area contributed by atoms with Gasteiger partial charge in [0.25, 0.3) is 0 Å². The molecular weight excluding hydrogens is 286 g/mol. The third-order valence-electron chi connectivity index (χ3n) is 2.50. The van der Waals surface area contributed by atoms with E-state index >= 15 is 0 Å². The van der Waals surface area contributed by atoms with Gasteiger partial charge in [0.2, 0.25) is 11.8 Å². The molecule has 0 aliphatic heterocycles. The molecule has 1 heterocycles. The monoisotopic (exact) mass is 301 g/mol. The molecule has 6 heteroatoms. The molecule has 0 fully saturated rings. The summed E-state index contributed by atoms with van der Waals surface area (Å²) in [5, 5.41) is 0. The maximum atomic E-state index is 11.0. The molecule has 0 aliphatic carbocycles. The average molecular weight is 301 g/mol. The minimum absolute atomic E-state index is 0.00862. The summed E-state index contributed by atoms with van der Waals surface area (Å²) in [6, 6.07) is 12.5. The topological polar surface area (TPSA) is 74.7 Å². The predicted octanol–water partition coefficient (Wildman–Crippen LogP) is 2.51. The Morgan fingerprint density at radius 2 is 1.50 bits per heavy atom. The standard InChI is InChI=1S/C16H15NO5/c1-11(18)21-15-8-14(9-16(17-15)22-12(2)19)20-10-13-6-4-3-5-7-13/h3-9H,10H2,1-2H3. The molecule has 0 unspecified atom stereocenters. The average Bonchev–Trinajstić information content (AvgIpc) is 2.44. The first-order chi connectivity index (χ1) is 10.5. The van der Waals surface area contributed by atoms with Gasteiger partial charge >= 0.3 is 11.9 Å². The molecule has 0 bridgehead atoms. The van der Waals surface area contributed by atoms with Crippen molar-refractivity contribution in [2.45, 2.75) is 20.5 Å². The van der Waals surface area contributed by atoms with Crippen LogP contribution in [0.5, 0.6) is 17.5 Å². The molecule has 114 valence electrons. The lowest BCUT2D eigenvalue weighted by Gasteiger charge is -2.10. The highest BCUT2D eigenvalue weighted by Crippen LogP contribution is 2.25. The summed E-state index contributed by atoms with van der Waals surface area (Å²) in [5.74, 6) is -0.655. The SMILES string of the molecule is CC(=O)Oc1cc(OCc2ccccc2)cc(OC(C)=O)n1. The van der Waals surface area contributed by atoms with Crippen molar-refractivity contribution in [3.05, 3.63) is 48.0 Å². The molecule has 0 amide bonds. The third kappa shape index (κ3) is 4.90. The Balaban J connectivity index is 2.17. The zero-order valence-electron chi connectivity index (χ0n) is 12.2. The van der Waals surface area contributed by atoms with E-state index in [1.54, 1.807) is 0 Å². The van der Waals surface area contributed by atoms with Gasteiger partial charge in [-0.3, -0.25) is 9.59 Å². The smallest absolute Gasteiger partial charge is 0.309 e. The van der Waals surface area contributed by atoms with Gasteiger partial charge in [-0.05, 0) is 5.56 Å². The summed E-state index contributed by atoms with van der Waals surface area (Å²) in [6.07, 6.45) is 0. The molecule has 2 rings (SSSR count). The minimum Gasteiger partial charge on any atom is -0.489 e. The van der Waals surface area contributed by atoms with Crippen LogP contribution in [0.1, 0.15) is 19.4 Å². The molecule has 6 nitrogen and oxygen atoms in total. The maximum Gasteiger partial charge on any atom is 0.309 e. The number of aromatic nitrogens is 1. The summed E-state index contributed by atoms with van der Waals surface area (Å²) in [5.41, 5.74) is 0.974. The van der Waals surface area contributed by atoms with Crippen LogP contribution in [0.2, 0.25) is 0 Å². The summed E-state index contributed by atoms with van der Waals surface area (Å²) in [4.78, 5) is 26.0. The molecule has 0 atom stereocenters. The number of ether oxygens (including phenoxy) is 3. The van der Waals surface area contributed by atoms with Crippen molar-refractivity contribution in [3.8, 4) is 17.5 Å². The van der Waals surface area contributed by atoms with E-state index in [2.05, 4.69) is 4.98 Å². The predicted molar refractivity (Wildman–Crippen MR) is 77.6 cm³/mol. The highest BCUT2D eigenvalue weighted by atomic mass is 16.6. The molecule has 0 N–H and O–H groups in total. The van der Waals surface area contributed by atoms with Crippen LogP contribution in [0.4, 0.5) is 0 Å². The van der Waals surface area contributed by atoms with Crippen LogP contribution in [0.3, 0.4) is 0 Å². The van der Waals surface area contributed by atoms with Crippen molar-refractivity contribution in [1.82, 2.24) is 4.98 Å². The van der Waals surface area contributed by atoms with E-state index in [4.69, 9.17) is 14.2 Å². The van der Waals surface area contributed by atoms with Crippen LogP contribution in [-0.2, 0) is 16.2 Å². The lowest BCUT2D eigenvalue weighted by Crippen LogP contribution is -2.07. The van der Waals surface area contributed by atoms with Crippen molar-refractivity contribution in [1.29, 1.82) is 0 Å². The molecule has 0 saturated heterocycles. The number of hydrogen-bond donors (Lipinski definition) is 0. The first-order valence-corrected chi connectivity index (χ1v) is 6.58. The van der Waals surface area contributed by atoms with Crippen molar-refractivity contribution >= 4 is 11.9 Å². The third-order valence-corrected chi connectivity index (χ3v) is 2.50. The van der Waals surface area contributed by atoms with E-state index in [9.17, 15) is 9.59 Å². The number of carbonyl (C=O) groups excluding carboxylic acids is 2. The molecule has 2 aromatic rings. The Kier molecular flexibility index (Phi) is 5.08. The summed E-state index contributed by atoms with van der Waals surface area (Å²) < 4.78 is 15.4. The normalized spacial score (nSPS) is 9.91. The van der Waals surface area contributed by atoms with Crippen molar-refractivity contribution in [2.24, 2.45) is 0 Å². The highest BCUT2D eigenvalue weighted by Gasteiger charge is 2.10. The van der Waals surface area contributed by atoms with E-state index in [1.165, 1.54) is 26.0 Å². The Labute approximate surface area is 127 Å². The van der Waals surface area contributed by atoms with Gasteiger partial charge in [-0.1, -0.05) is 30.3 Å².